The van der Waals surface area contributed by atoms with Crippen molar-refractivity contribution in [2.75, 3.05) is 35.3 Å². The molecule has 0 saturated heterocycles. The van der Waals surface area contributed by atoms with E-state index in [2.05, 4.69) is 10.6 Å². The molecule has 0 aliphatic carbocycles. The molecule has 2 N–H and O–H groups in total. The number of benzene rings is 3. The first-order valence-electron chi connectivity index (χ1n) is 10.8. The molecule has 5 rings (SSSR count). The molecule has 0 spiro atoms. The van der Waals surface area contributed by atoms with Crippen molar-refractivity contribution < 1.29 is 23.9 Å². The van der Waals surface area contributed by atoms with Gasteiger partial charge in [-0.25, -0.2) is 0 Å². The Balaban J connectivity index is 1.24. The number of carbonyl (C=O) groups is 3. The molecule has 2 aliphatic rings. The highest BCUT2D eigenvalue weighted by atomic mass is 16.6. The normalized spacial score (nSPS) is 14.4. The van der Waals surface area contributed by atoms with Crippen molar-refractivity contribution in [1.82, 2.24) is 0 Å². The first-order valence-corrected chi connectivity index (χ1v) is 10.8. The quantitative estimate of drug-likeness (QED) is 0.585. The van der Waals surface area contributed by atoms with Gasteiger partial charge in [-0.2, -0.15) is 0 Å². The maximum atomic E-state index is 13.0. The molecule has 0 fully saturated rings. The monoisotopic (exact) mass is 455 g/mol. The van der Waals surface area contributed by atoms with Gasteiger partial charge in [-0.1, -0.05) is 18.2 Å². The Kier molecular flexibility index (Phi) is 5.70. The van der Waals surface area contributed by atoms with Crippen LogP contribution in [0, 0.1) is 0 Å². The molecule has 3 aromatic rings. The van der Waals surface area contributed by atoms with Gasteiger partial charge in [-0.15, -0.1) is 0 Å². The highest BCUT2D eigenvalue weighted by molar-refractivity contribution is 6.15. The number of fused-ring (bicyclic) bond motifs is 2. The Labute approximate surface area is 195 Å². The summed E-state index contributed by atoms with van der Waals surface area (Å²) in [5.74, 6) is 0.494. The average Bonchev–Trinajstić information content (AvgIpc) is 2.87. The molecule has 3 aromatic carbocycles. The van der Waals surface area contributed by atoms with Crippen LogP contribution in [-0.2, 0) is 9.59 Å². The van der Waals surface area contributed by atoms with Crippen molar-refractivity contribution in [2.45, 2.75) is 0 Å². The number of ether oxygens (including phenoxy) is 2. The third-order valence-electron chi connectivity index (χ3n) is 5.41. The molecule has 34 heavy (non-hydrogen) atoms. The lowest BCUT2D eigenvalue weighted by molar-refractivity contribution is -0.115. The van der Waals surface area contributed by atoms with Gasteiger partial charge in [-0.05, 0) is 60.2 Å². The Hall–Kier alpha value is -4.59. The van der Waals surface area contributed by atoms with Gasteiger partial charge in [-0.3, -0.25) is 19.3 Å². The van der Waals surface area contributed by atoms with Gasteiger partial charge in [0.1, 0.15) is 19.8 Å². The minimum atomic E-state index is -0.310. The summed E-state index contributed by atoms with van der Waals surface area (Å²) in [5, 5.41) is 5.54. The van der Waals surface area contributed by atoms with Crippen molar-refractivity contribution in [3.63, 3.8) is 0 Å². The van der Waals surface area contributed by atoms with Gasteiger partial charge in [0.25, 0.3) is 5.91 Å². The van der Waals surface area contributed by atoms with Gasteiger partial charge in [0.15, 0.2) is 11.5 Å². The van der Waals surface area contributed by atoms with E-state index in [9.17, 15) is 14.4 Å². The zero-order valence-electron chi connectivity index (χ0n) is 18.1. The van der Waals surface area contributed by atoms with Crippen LogP contribution in [0.3, 0.4) is 0 Å². The van der Waals surface area contributed by atoms with Crippen molar-refractivity contribution in [2.24, 2.45) is 0 Å². The highest BCUT2D eigenvalue weighted by Crippen LogP contribution is 2.31. The summed E-state index contributed by atoms with van der Waals surface area (Å²) >= 11 is 0. The molecular formula is C26H21N3O5. The highest BCUT2D eigenvalue weighted by Gasteiger charge is 2.27. The molecule has 2 aliphatic heterocycles. The molecule has 2 heterocycles. The molecule has 3 amide bonds. The standard InChI is InChI=1S/C26H21N3O5/c30-24(12-6-17-5-11-22-23(15-17)34-14-13-33-22)27-19-9-7-18(8-10-19)26(32)29-16-25(31)28-20-3-1-2-4-21(20)29/h1-12,15H,13-14,16H2,(H,27,30)(H,28,31)/b12-6+. The molecule has 0 saturated carbocycles. The minimum Gasteiger partial charge on any atom is -0.486 e. The fraction of sp³-hybridized carbons (Fsp3) is 0.115. The number of anilines is 3. The van der Waals surface area contributed by atoms with E-state index < -0.39 is 0 Å². The summed E-state index contributed by atoms with van der Waals surface area (Å²) in [4.78, 5) is 38.8. The minimum absolute atomic E-state index is 0.0566. The molecule has 0 bridgehead atoms. The fourth-order valence-corrected chi connectivity index (χ4v) is 3.79. The van der Waals surface area contributed by atoms with E-state index in [1.807, 2.05) is 24.3 Å². The Morgan fingerprint density at radius 1 is 0.941 bits per heavy atom. The number of nitrogens with zero attached hydrogens (tertiary/aromatic N) is 1. The van der Waals surface area contributed by atoms with Crippen LogP contribution in [0.25, 0.3) is 6.08 Å². The van der Waals surface area contributed by atoms with Crippen molar-refractivity contribution in [3.05, 3.63) is 83.9 Å². The summed E-state index contributed by atoms with van der Waals surface area (Å²) in [5.41, 5.74) is 3.01. The van der Waals surface area contributed by atoms with E-state index in [1.165, 1.54) is 11.0 Å². The lowest BCUT2D eigenvalue weighted by atomic mass is 10.1. The number of nitrogens with one attached hydrogen (secondary N) is 2. The van der Waals surface area contributed by atoms with E-state index >= 15 is 0 Å². The summed E-state index contributed by atoms with van der Waals surface area (Å²) < 4.78 is 11.0. The van der Waals surface area contributed by atoms with Gasteiger partial charge in [0.2, 0.25) is 11.8 Å². The van der Waals surface area contributed by atoms with E-state index in [0.29, 0.717) is 47.3 Å². The summed E-state index contributed by atoms with van der Waals surface area (Å²) in [6, 6.07) is 19.2. The molecule has 170 valence electrons. The van der Waals surface area contributed by atoms with Crippen LogP contribution in [0.2, 0.25) is 0 Å². The largest absolute Gasteiger partial charge is 0.486 e. The zero-order chi connectivity index (χ0) is 23.5. The SMILES string of the molecule is O=C(/C=C/c1ccc2c(c1)OCCO2)Nc1ccc(C(=O)N2CC(=O)Nc3ccccc32)cc1. The number of para-hydroxylation sites is 2. The second-order valence-electron chi connectivity index (χ2n) is 7.76. The van der Waals surface area contributed by atoms with Gasteiger partial charge in [0.05, 0.1) is 11.4 Å². The van der Waals surface area contributed by atoms with Crippen molar-refractivity contribution in [3.8, 4) is 11.5 Å². The summed E-state index contributed by atoms with van der Waals surface area (Å²) in [7, 11) is 0. The third-order valence-corrected chi connectivity index (χ3v) is 5.41. The fourth-order valence-electron chi connectivity index (χ4n) is 3.79. The lowest BCUT2D eigenvalue weighted by Gasteiger charge is -2.29. The molecule has 8 heteroatoms. The average molecular weight is 455 g/mol. The molecule has 0 unspecified atom stereocenters. The zero-order valence-corrected chi connectivity index (χ0v) is 18.1. The topological polar surface area (TPSA) is 97.0 Å². The van der Waals surface area contributed by atoms with Crippen LogP contribution in [0.5, 0.6) is 11.5 Å². The molecule has 0 aromatic heterocycles. The molecule has 0 radical (unpaired) electrons. The molecule has 8 nitrogen and oxygen atoms in total. The lowest BCUT2D eigenvalue weighted by Crippen LogP contribution is -2.42. The summed E-state index contributed by atoms with van der Waals surface area (Å²) in [6.45, 7) is 0.964. The van der Waals surface area contributed by atoms with Gasteiger partial charge in [0, 0.05) is 17.3 Å². The Morgan fingerprint density at radius 2 is 1.71 bits per heavy atom. The number of hydrogen-bond donors (Lipinski definition) is 2. The number of amides is 3. The smallest absolute Gasteiger partial charge is 0.258 e. The number of hydrogen-bond acceptors (Lipinski definition) is 5. The first-order chi connectivity index (χ1) is 16.6. The van der Waals surface area contributed by atoms with E-state index in [0.717, 1.165) is 5.56 Å². The van der Waals surface area contributed by atoms with Crippen LogP contribution in [0.4, 0.5) is 17.1 Å². The predicted octanol–water partition coefficient (Wildman–Crippen LogP) is 3.71. The van der Waals surface area contributed by atoms with Crippen LogP contribution in [0.1, 0.15) is 15.9 Å². The van der Waals surface area contributed by atoms with Gasteiger partial charge >= 0.3 is 0 Å². The van der Waals surface area contributed by atoms with Crippen molar-refractivity contribution >= 4 is 40.9 Å². The predicted molar refractivity (Wildman–Crippen MR) is 128 cm³/mol. The van der Waals surface area contributed by atoms with E-state index in [-0.39, 0.29) is 24.3 Å². The van der Waals surface area contributed by atoms with Crippen LogP contribution < -0.4 is 25.0 Å². The molecule has 0 atom stereocenters. The summed E-state index contributed by atoms with van der Waals surface area (Å²) in [6.07, 6.45) is 3.11. The third kappa shape index (κ3) is 4.47. The van der Waals surface area contributed by atoms with Gasteiger partial charge < -0.3 is 20.1 Å². The maximum absolute atomic E-state index is 13.0. The van der Waals surface area contributed by atoms with Crippen LogP contribution in [-0.4, -0.2) is 37.5 Å². The second-order valence-corrected chi connectivity index (χ2v) is 7.76. The first kappa shape index (κ1) is 21.3. The Bertz CT molecular complexity index is 1300. The molecular weight excluding hydrogens is 434 g/mol. The van der Waals surface area contributed by atoms with Crippen LogP contribution >= 0.6 is 0 Å². The van der Waals surface area contributed by atoms with E-state index in [4.69, 9.17) is 9.47 Å². The van der Waals surface area contributed by atoms with Crippen molar-refractivity contribution in [1.29, 1.82) is 0 Å². The number of carbonyl (C=O) groups excluding carboxylic acids is 3. The second kappa shape index (κ2) is 9.11. The number of rotatable bonds is 4. The maximum Gasteiger partial charge on any atom is 0.258 e. The van der Waals surface area contributed by atoms with Crippen LogP contribution in [0.15, 0.2) is 72.8 Å². The Morgan fingerprint density at radius 3 is 2.53 bits per heavy atom. The van der Waals surface area contributed by atoms with E-state index in [1.54, 1.807) is 48.5 Å².